The van der Waals surface area contributed by atoms with E-state index in [0.29, 0.717) is 31.2 Å². The van der Waals surface area contributed by atoms with Crippen LogP contribution in [-0.4, -0.2) is 25.2 Å². The molecule has 1 N–H and O–H groups in total. The van der Waals surface area contributed by atoms with Gasteiger partial charge in [0.25, 0.3) is 5.91 Å². The van der Waals surface area contributed by atoms with Crippen LogP contribution in [0.1, 0.15) is 44.2 Å². The van der Waals surface area contributed by atoms with E-state index < -0.39 is 6.10 Å². The molecule has 0 heterocycles. The number of hydrogen-bond acceptors (Lipinski definition) is 3. The minimum atomic E-state index is -0.500. The summed E-state index contributed by atoms with van der Waals surface area (Å²) >= 11 is 0. The quantitative estimate of drug-likeness (QED) is 0.675. The van der Waals surface area contributed by atoms with E-state index in [1.807, 2.05) is 56.3 Å². The molecule has 0 saturated heterocycles. The highest BCUT2D eigenvalue weighted by molar-refractivity contribution is 5.81. The maximum atomic E-state index is 12.4. The largest absolute Gasteiger partial charge is 0.491 e. The number of carbonyl (C=O) groups excluding carboxylic acids is 1. The third-order valence-electron chi connectivity index (χ3n) is 4.13. The van der Waals surface area contributed by atoms with E-state index in [-0.39, 0.29) is 5.91 Å². The minimum absolute atomic E-state index is 0.116. The number of ether oxygens (including phenoxy) is 2. The van der Waals surface area contributed by atoms with Crippen molar-refractivity contribution in [3.63, 3.8) is 0 Å². The third kappa shape index (κ3) is 5.80. The molecule has 140 valence electrons. The second-order valence-corrected chi connectivity index (χ2v) is 6.66. The molecule has 1 amide bonds. The molecule has 0 aliphatic rings. The lowest BCUT2D eigenvalue weighted by molar-refractivity contribution is -0.128. The predicted octanol–water partition coefficient (Wildman–Crippen LogP) is 4.47. The number of nitrogens with one attached hydrogen (secondary N) is 1. The van der Waals surface area contributed by atoms with Crippen molar-refractivity contribution in [1.29, 1.82) is 0 Å². The van der Waals surface area contributed by atoms with Gasteiger partial charge in [0.05, 0.1) is 6.54 Å². The smallest absolute Gasteiger partial charge is 0.261 e. The van der Waals surface area contributed by atoms with Crippen LogP contribution in [0.4, 0.5) is 0 Å². The lowest BCUT2D eigenvalue weighted by atomic mass is 10.0. The Morgan fingerprint density at radius 3 is 2.58 bits per heavy atom. The number of aryl methyl sites for hydroxylation is 1. The van der Waals surface area contributed by atoms with Crippen molar-refractivity contribution in [1.82, 2.24) is 5.32 Å². The number of benzene rings is 2. The summed E-state index contributed by atoms with van der Waals surface area (Å²) in [5, 5.41) is 2.90. The molecule has 1 atom stereocenters. The van der Waals surface area contributed by atoms with Crippen LogP contribution in [0.15, 0.2) is 48.5 Å². The van der Waals surface area contributed by atoms with Crippen molar-refractivity contribution in [3.8, 4) is 11.5 Å². The van der Waals surface area contributed by atoms with E-state index in [9.17, 15) is 4.79 Å². The highest BCUT2D eigenvalue weighted by Crippen LogP contribution is 2.25. The van der Waals surface area contributed by atoms with Crippen LogP contribution in [0.3, 0.4) is 0 Å². The normalized spacial score (nSPS) is 11.9. The van der Waals surface area contributed by atoms with Crippen LogP contribution < -0.4 is 14.8 Å². The van der Waals surface area contributed by atoms with E-state index in [0.717, 1.165) is 11.3 Å². The second kappa shape index (κ2) is 9.85. The molecule has 2 aromatic rings. The van der Waals surface area contributed by atoms with Gasteiger partial charge in [-0.15, -0.1) is 0 Å². The van der Waals surface area contributed by atoms with Gasteiger partial charge in [-0.25, -0.2) is 0 Å². The maximum Gasteiger partial charge on any atom is 0.261 e. The Morgan fingerprint density at radius 2 is 1.88 bits per heavy atom. The molecule has 4 nitrogen and oxygen atoms in total. The first kappa shape index (κ1) is 19.8. The van der Waals surface area contributed by atoms with Crippen molar-refractivity contribution < 1.29 is 14.3 Å². The monoisotopic (exact) mass is 355 g/mol. The first-order valence-corrected chi connectivity index (χ1v) is 9.24. The fourth-order valence-electron chi connectivity index (χ4n) is 2.71. The number of hydrogen-bond donors (Lipinski definition) is 1. The summed E-state index contributed by atoms with van der Waals surface area (Å²) in [4.78, 5) is 12.4. The number of para-hydroxylation sites is 1. The average molecular weight is 355 g/mol. The van der Waals surface area contributed by atoms with E-state index in [2.05, 4.69) is 25.2 Å². The molecule has 4 heteroatoms. The molecule has 2 rings (SSSR count). The highest BCUT2D eigenvalue weighted by Gasteiger charge is 2.18. The predicted molar refractivity (Wildman–Crippen MR) is 105 cm³/mol. The summed E-state index contributed by atoms with van der Waals surface area (Å²) in [6, 6.07) is 15.7. The van der Waals surface area contributed by atoms with Crippen LogP contribution >= 0.6 is 0 Å². The van der Waals surface area contributed by atoms with Gasteiger partial charge in [-0.2, -0.15) is 0 Å². The average Bonchev–Trinajstić information content (AvgIpc) is 2.63. The number of carbonyl (C=O) groups is 1. The zero-order chi connectivity index (χ0) is 18.9. The molecule has 0 aromatic heterocycles. The van der Waals surface area contributed by atoms with Gasteiger partial charge >= 0.3 is 0 Å². The summed E-state index contributed by atoms with van der Waals surface area (Å²) in [5.74, 6) is 1.87. The van der Waals surface area contributed by atoms with Crippen LogP contribution in [0.5, 0.6) is 11.5 Å². The fourth-order valence-corrected chi connectivity index (χ4v) is 2.71. The van der Waals surface area contributed by atoms with Crippen molar-refractivity contribution in [2.45, 2.75) is 46.1 Å². The lowest BCUT2D eigenvalue weighted by Crippen LogP contribution is -2.39. The Kier molecular flexibility index (Phi) is 7.52. The molecule has 0 aliphatic heterocycles. The molecular formula is C22H29NO3. The Labute approximate surface area is 156 Å². The SMILES string of the molecule is CCC(Oc1cccc(C)c1)C(=O)NCCOc1ccccc1C(C)C. The van der Waals surface area contributed by atoms with Crippen molar-refractivity contribution in [2.24, 2.45) is 0 Å². The van der Waals surface area contributed by atoms with Gasteiger partial charge in [0.15, 0.2) is 6.10 Å². The molecule has 0 fully saturated rings. The maximum absolute atomic E-state index is 12.4. The molecule has 1 unspecified atom stereocenters. The molecule has 0 bridgehead atoms. The summed E-state index contributed by atoms with van der Waals surface area (Å²) < 4.78 is 11.7. The fraction of sp³-hybridized carbons (Fsp3) is 0.409. The van der Waals surface area contributed by atoms with Crippen LogP contribution in [-0.2, 0) is 4.79 Å². The Balaban J connectivity index is 1.82. The van der Waals surface area contributed by atoms with Crippen molar-refractivity contribution in [2.75, 3.05) is 13.2 Å². The zero-order valence-corrected chi connectivity index (χ0v) is 16.1. The van der Waals surface area contributed by atoms with Crippen LogP contribution in [0, 0.1) is 6.92 Å². The van der Waals surface area contributed by atoms with E-state index in [4.69, 9.17) is 9.47 Å². The first-order chi connectivity index (χ1) is 12.5. The summed E-state index contributed by atoms with van der Waals surface area (Å²) in [5.41, 5.74) is 2.28. The van der Waals surface area contributed by atoms with Gasteiger partial charge < -0.3 is 14.8 Å². The van der Waals surface area contributed by atoms with Gasteiger partial charge in [0, 0.05) is 0 Å². The van der Waals surface area contributed by atoms with Gasteiger partial charge in [0.2, 0.25) is 0 Å². The Morgan fingerprint density at radius 1 is 1.12 bits per heavy atom. The van der Waals surface area contributed by atoms with Gasteiger partial charge in [-0.1, -0.05) is 51.1 Å². The molecule has 0 spiro atoms. The van der Waals surface area contributed by atoms with Gasteiger partial charge in [-0.3, -0.25) is 4.79 Å². The van der Waals surface area contributed by atoms with E-state index >= 15 is 0 Å². The molecule has 2 aromatic carbocycles. The standard InChI is InChI=1S/C22H29NO3/c1-5-20(26-18-10-8-9-17(4)15-18)22(24)23-13-14-25-21-12-7-6-11-19(21)16(2)3/h6-12,15-16,20H,5,13-14H2,1-4H3,(H,23,24). The van der Waals surface area contributed by atoms with Crippen molar-refractivity contribution in [3.05, 3.63) is 59.7 Å². The first-order valence-electron chi connectivity index (χ1n) is 9.24. The highest BCUT2D eigenvalue weighted by atomic mass is 16.5. The second-order valence-electron chi connectivity index (χ2n) is 6.66. The van der Waals surface area contributed by atoms with E-state index in [1.54, 1.807) is 0 Å². The van der Waals surface area contributed by atoms with Crippen LogP contribution in [0.25, 0.3) is 0 Å². The summed E-state index contributed by atoms with van der Waals surface area (Å²) in [6.45, 7) is 9.09. The van der Waals surface area contributed by atoms with Gasteiger partial charge in [0.1, 0.15) is 18.1 Å². The molecule has 26 heavy (non-hydrogen) atoms. The van der Waals surface area contributed by atoms with Crippen molar-refractivity contribution >= 4 is 5.91 Å². The Bertz CT molecular complexity index is 712. The third-order valence-corrected chi connectivity index (χ3v) is 4.13. The lowest BCUT2D eigenvalue weighted by Gasteiger charge is -2.18. The summed E-state index contributed by atoms with van der Waals surface area (Å²) in [7, 11) is 0. The minimum Gasteiger partial charge on any atom is -0.491 e. The molecule has 0 aliphatic carbocycles. The zero-order valence-electron chi connectivity index (χ0n) is 16.1. The molecule has 0 radical (unpaired) electrons. The number of rotatable bonds is 9. The molecular weight excluding hydrogens is 326 g/mol. The molecule has 0 saturated carbocycles. The van der Waals surface area contributed by atoms with E-state index in [1.165, 1.54) is 5.56 Å². The topological polar surface area (TPSA) is 47.6 Å². The van der Waals surface area contributed by atoms with Gasteiger partial charge in [-0.05, 0) is 48.6 Å². The Hall–Kier alpha value is -2.49. The summed E-state index contributed by atoms with van der Waals surface area (Å²) in [6.07, 6.45) is 0.108. The number of amides is 1. The van der Waals surface area contributed by atoms with Crippen LogP contribution in [0.2, 0.25) is 0 Å².